The van der Waals surface area contributed by atoms with Crippen LogP contribution in [0.15, 0.2) is 24.5 Å². The number of hydrogen-bond acceptors (Lipinski definition) is 6. The van der Waals surface area contributed by atoms with Crippen molar-refractivity contribution >= 4 is 22.8 Å². The summed E-state index contributed by atoms with van der Waals surface area (Å²) >= 11 is 0. The Morgan fingerprint density at radius 1 is 1.14 bits per heavy atom. The molecule has 1 N–H and O–H groups in total. The summed E-state index contributed by atoms with van der Waals surface area (Å²) in [5, 5.41) is 3.08. The van der Waals surface area contributed by atoms with Gasteiger partial charge in [0.2, 0.25) is 0 Å². The normalized spacial score (nSPS) is 22.3. The summed E-state index contributed by atoms with van der Waals surface area (Å²) in [4.78, 5) is 24.8. The Labute approximate surface area is 171 Å². The summed E-state index contributed by atoms with van der Waals surface area (Å²) in [6.07, 6.45) is 7.18. The number of aromatic nitrogens is 2. The second-order valence-corrected chi connectivity index (χ2v) is 7.90. The van der Waals surface area contributed by atoms with E-state index in [2.05, 4.69) is 32.3 Å². The molecular weight excluding hydrogens is 370 g/mol. The Hall–Kier alpha value is -2.61. The van der Waals surface area contributed by atoms with Crippen molar-refractivity contribution in [1.29, 1.82) is 0 Å². The fourth-order valence-corrected chi connectivity index (χ4v) is 3.93. The highest BCUT2D eigenvalue weighted by Crippen LogP contribution is 2.32. The van der Waals surface area contributed by atoms with Gasteiger partial charge in [-0.3, -0.25) is 4.98 Å². The maximum Gasteiger partial charge on any atom is 0.317 e. The predicted octanol–water partition coefficient (Wildman–Crippen LogP) is 2.43. The maximum atomic E-state index is 11.9. The maximum absolute atomic E-state index is 11.9. The SMILES string of the molecule is CN(C)C(=O)NC1CCC(Oc2cc(N3CCOCC3)cc3nccnc23)CC1. The zero-order chi connectivity index (χ0) is 20.2. The van der Waals surface area contributed by atoms with Crippen molar-refractivity contribution in [1.82, 2.24) is 20.2 Å². The van der Waals surface area contributed by atoms with Crippen LogP contribution in [0.2, 0.25) is 0 Å². The van der Waals surface area contributed by atoms with Crippen molar-refractivity contribution in [3.8, 4) is 5.75 Å². The number of urea groups is 1. The van der Waals surface area contributed by atoms with E-state index in [0.717, 1.165) is 74.5 Å². The van der Waals surface area contributed by atoms with Gasteiger partial charge in [0, 0.05) is 57.4 Å². The first-order valence-electron chi connectivity index (χ1n) is 10.3. The third kappa shape index (κ3) is 4.70. The van der Waals surface area contributed by atoms with Crippen molar-refractivity contribution in [2.45, 2.75) is 37.8 Å². The summed E-state index contributed by atoms with van der Waals surface area (Å²) in [7, 11) is 3.52. The molecule has 29 heavy (non-hydrogen) atoms. The van der Waals surface area contributed by atoms with Crippen LogP contribution in [0, 0.1) is 0 Å². The van der Waals surface area contributed by atoms with E-state index in [0.29, 0.717) is 0 Å². The van der Waals surface area contributed by atoms with Gasteiger partial charge in [-0.05, 0) is 31.7 Å². The molecule has 1 aliphatic heterocycles. The molecule has 8 heteroatoms. The van der Waals surface area contributed by atoms with Gasteiger partial charge >= 0.3 is 6.03 Å². The number of hydrogen-bond donors (Lipinski definition) is 1. The highest BCUT2D eigenvalue weighted by molar-refractivity contribution is 5.85. The van der Waals surface area contributed by atoms with E-state index in [9.17, 15) is 4.79 Å². The predicted molar refractivity (Wildman–Crippen MR) is 111 cm³/mol. The quantitative estimate of drug-likeness (QED) is 0.851. The van der Waals surface area contributed by atoms with Gasteiger partial charge in [0.25, 0.3) is 0 Å². The van der Waals surface area contributed by atoms with Gasteiger partial charge in [0.1, 0.15) is 11.3 Å². The molecule has 2 heterocycles. The zero-order valence-electron chi connectivity index (χ0n) is 17.1. The molecule has 0 radical (unpaired) electrons. The minimum absolute atomic E-state index is 0.0335. The van der Waals surface area contributed by atoms with E-state index < -0.39 is 0 Å². The molecule has 1 aliphatic carbocycles. The lowest BCUT2D eigenvalue weighted by Crippen LogP contribution is -2.44. The molecule has 0 bridgehead atoms. The third-order valence-electron chi connectivity index (χ3n) is 5.60. The number of benzene rings is 1. The van der Waals surface area contributed by atoms with E-state index in [1.165, 1.54) is 0 Å². The van der Waals surface area contributed by atoms with Crippen molar-refractivity contribution in [3.63, 3.8) is 0 Å². The van der Waals surface area contributed by atoms with Crippen LogP contribution in [0.25, 0.3) is 11.0 Å². The molecule has 0 spiro atoms. The van der Waals surface area contributed by atoms with E-state index in [4.69, 9.17) is 9.47 Å². The largest absolute Gasteiger partial charge is 0.488 e. The minimum Gasteiger partial charge on any atom is -0.488 e. The lowest BCUT2D eigenvalue weighted by atomic mass is 9.93. The first kappa shape index (κ1) is 19.7. The van der Waals surface area contributed by atoms with Gasteiger partial charge < -0.3 is 24.6 Å². The number of carbonyl (C=O) groups excluding carboxylic acids is 1. The number of ether oxygens (including phenoxy) is 2. The second kappa shape index (κ2) is 8.82. The molecule has 2 amide bonds. The Bertz CT molecular complexity index is 845. The van der Waals surface area contributed by atoms with Crippen LogP contribution < -0.4 is 15.0 Å². The van der Waals surface area contributed by atoms with Crippen LogP contribution in [0.4, 0.5) is 10.5 Å². The summed E-state index contributed by atoms with van der Waals surface area (Å²) in [5.41, 5.74) is 2.74. The monoisotopic (exact) mass is 399 g/mol. The molecule has 8 nitrogen and oxygen atoms in total. The minimum atomic E-state index is -0.0335. The van der Waals surface area contributed by atoms with Gasteiger partial charge in [-0.2, -0.15) is 0 Å². The Morgan fingerprint density at radius 2 is 1.86 bits per heavy atom. The first-order chi connectivity index (χ1) is 14.1. The molecule has 156 valence electrons. The molecule has 0 unspecified atom stereocenters. The van der Waals surface area contributed by atoms with Crippen LogP contribution >= 0.6 is 0 Å². The van der Waals surface area contributed by atoms with Crippen molar-refractivity contribution in [2.24, 2.45) is 0 Å². The molecule has 2 fully saturated rings. The molecule has 2 aliphatic rings. The molecule has 4 rings (SSSR count). The average molecular weight is 399 g/mol. The fourth-order valence-electron chi connectivity index (χ4n) is 3.93. The van der Waals surface area contributed by atoms with Gasteiger partial charge in [-0.25, -0.2) is 9.78 Å². The highest BCUT2D eigenvalue weighted by Gasteiger charge is 2.25. The van der Waals surface area contributed by atoms with Crippen LogP contribution in [0.1, 0.15) is 25.7 Å². The van der Waals surface area contributed by atoms with Crippen LogP contribution in [0.5, 0.6) is 5.75 Å². The molecule has 1 saturated carbocycles. The summed E-state index contributed by atoms with van der Waals surface area (Å²) < 4.78 is 11.9. The number of nitrogens with one attached hydrogen (secondary N) is 1. The number of amides is 2. The molecule has 1 saturated heterocycles. The second-order valence-electron chi connectivity index (χ2n) is 7.90. The molecule has 2 aromatic rings. The number of carbonyl (C=O) groups is 1. The Morgan fingerprint density at radius 3 is 2.59 bits per heavy atom. The standard InChI is InChI=1S/C21H29N5O3/c1-25(2)21(27)24-15-3-5-17(6-4-15)29-19-14-16(26-9-11-28-12-10-26)13-18-20(19)23-8-7-22-18/h7-8,13-15,17H,3-6,9-12H2,1-2H3,(H,24,27). The molecular formula is C21H29N5O3. The van der Waals surface area contributed by atoms with E-state index in [1.807, 2.05) is 0 Å². The summed E-state index contributed by atoms with van der Waals surface area (Å²) in [6.45, 7) is 3.19. The third-order valence-corrected chi connectivity index (χ3v) is 5.60. The molecule has 1 aromatic carbocycles. The highest BCUT2D eigenvalue weighted by atomic mass is 16.5. The van der Waals surface area contributed by atoms with E-state index >= 15 is 0 Å². The number of morpholine rings is 1. The van der Waals surface area contributed by atoms with Crippen molar-refractivity contribution in [2.75, 3.05) is 45.3 Å². The molecule has 0 atom stereocenters. The smallest absolute Gasteiger partial charge is 0.317 e. The van der Waals surface area contributed by atoms with Crippen LogP contribution in [-0.4, -0.2) is 73.4 Å². The van der Waals surface area contributed by atoms with Gasteiger partial charge in [-0.1, -0.05) is 0 Å². The topological polar surface area (TPSA) is 79.8 Å². The Balaban J connectivity index is 1.47. The number of nitrogens with zero attached hydrogens (tertiary/aromatic N) is 4. The summed E-state index contributed by atoms with van der Waals surface area (Å²) in [5.74, 6) is 0.790. The average Bonchev–Trinajstić information content (AvgIpc) is 2.75. The zero-order valence-corrected chi connectivity index (χ0v) is 17.1. The van der Waals surface area contributed by atoms with Gasteiger partial charge in [0.15, 0.2) is 0 Å². The van der Waals surface area contributed by atoms with Crippen molar-refractivity contribution < 1.29 is 14.3 Å². The fraction of sp³-hybridized carbons (Fsp3) is 0.571. The van der Waals surface area contributed by atoms with Crippen LogP contribution in [0.3, 0.4) is 0 Å². The van der Waals surface area contributed by atoms with Gasteiger partial charge in [0.05, 0.1) is 24.8 Å². The number of anilines is 1. The van der Waals surface area contributed by atoms with Crippen molar-refractivity contribution in [3.05, 3.63) is 24.5 Å². The Kier molecular flexibility index (Phi) is 5.99. The van der Waals surface area contributed by atoms with Crippen LogP contribution in [-0.2, 0) is 4.74 Å². The lowest BCUT2D eigenvalue weighted by molar-refractivity contribution is 0.122. The first-order valence-corrected chi connectivity index (χ1v) is 10.3. The summed E-state index contributed by atoms with van der Waals surface area (Å²) in [6, 6.07) is 4.34. The lowest BCUT2D eigenvalue weighted by Gasteiger charge is -2.31. The number of fused-ring (bicyclic) bond motifs is 1. The van der Waals surface area contributed by atoms with E-state index in [1.54, 1.807) is 31.4 Å². The molecule has 1 aromatic heterocycles. The van der Waals surface area contributed by atoms with E-state index in [-0.39, 0.29) is 18.2 Å². The number of rotatable bonds is 4. The van der Waals surface area contributed by atoms with Gasteiger partial charge in [-0.15, -0.1) is 0 Å².